The van der Waals surface area contributed by atoms with Crippen molar-refractivity contribution in [2.45, 2.75) is 32.0 Å². The first-order valence-electron chi connectivity index (χ1n) is 7.29. The monoisotopic (exact) mass is 275 g/mol. The van der Waals surface area contributed by atoms with E-state index in [9.17, 15) is 4.79 Å². The second-order valence-electron chi connectivity index (χ2n) is 5.63. The summed E-state index contributed by atoms with van der Waals surface area (Å²) < 4.78 is 5.25. The van der Waals surface area contributed by atoms with Crippen LogP contribution in [0, 0.1) is 0 Å². The summed E-state index contributed by atoms with van der Waals surface area (Å²) in [6, 6.07) is 5.99. The molecule has 5 nitrogen and oxygen atoms in total. The molecule has 3 heterocycles. The molecule has 0 saturated carbocycles. The maximum absolute atomic E-state index is 11.8. The minimum absolute atomic E-state index is 0.0259. The van der Waals surface area contributed by atoms with Crippen LogP contribution >= 0.6 is 0 Å². The SMILES string of the molecule is CC1CC(N2CCN(Cc3ccccn3)CC2)C(=O)O1. The summed E-state index contributed by atoms with van der Waals surface area (Å²) in [6.07, 6.45) is 2.74. The number of cyclic esters (lactones) is 1. The molecular formula is C15H21N3O2. The summed E-state index contributed by atoms with van der Waals surface area (Å²) in [5, 5.41) is 0. The quantitative estimate of drug-likeness (QED) is 0.767. The fourth-order valence-corrected chi connectivity index (χ4v) is 2.99. The first-order chi connectivity index (χ1) is 9.72. The lowest BCUT2D eigenvalue weighted by molar-refractivity contribution is -0.145. The smallest absolute Gasteiger partial charge is 0.323 e. The topological polar surface area (TPSA) is 45.7 Å². The summed E-state index contributed by atoms with van der Waals surface area (Å²) in [5.41, 5.74) is 1.11. The third-order valence-electron chi connectivity index (χ3n) is 4.10. The number of carbonyl (C=O) groups is 1. The summed E-state index contributed by atoms with van der Waals surface area (Å²) in [7, 11) is 0. The van der Waals surface area contributed by atoms with Gasteiger partial charge in [0.2, 0.25) is 0 Å². The van der Waals surface area contributed by atoms with Crippen molar-refractivity contribution in [3.8, 4) is 0 Å². The van der Waals surface area contributed by atoms with Crippen LogP contribution in [-0.2, 0) is 16.1 Å². The lowest BCUT2D eigenvalue weighted by Gasteiger charge is -2.36. The van der Waals surface area contributed by atoms with Gasteiger partial charge in [0.15, 0.2) is 0 Å². The number of aromatic nitrogens is 1. The number of esters is 1. The minimum Gasteiger partial charge on any atom is -0.461 e. The molecule has 3 rings (SSSR count). The number of piperazine rings is 1. The number of pyridine rings is 1. The molecule has 0 bridgehead atoms. The van der Waals surface area contributed by atoms with E-state index in [1.165, 1.54) is 0 Å². The molecule has 2 unspecified atom stereocenters. The second-order valence-corrected chi connectivity index (χ2v) is 5.63. The van der Waals surface area contributed by atoms with Crippen molar-refractivity contribution in [2.24, 2.45) is 0 Å². The number of nitrogens with zero attached hydrogens (tertiary/aromatic N) is 3. The highest BCUT2D eigenvalue weighted by atomic mass is 16.6. The van der Waals surface area contributed by atoms with Gasteiger partial charge in [-0.15, -0.1) is 0 Å². The van der Waals surface area contributed by atoms with Crippen molar-refractivity contribution in [2.75, 3.05) is 26.2 Å². The van der Waals surface area contributed by atoms with E-state index in [0.29, 0.717) is 0 Å². The van der Waals surface area contributed by atoms with Gasteiger partial charge >= 0.3 is 5.97 Å². The molecule has 2 aliphatic rings. The van der Waals surface area contributed by atoms with Crippen molar-refractivity contribution in [1.82, 2.24) is 14.8 Å². The van der Waals surface area contributed by atoms with Crippen molar-refractivity contribution in [1.29, 1.82) is 0 Å². The molecule has 0 aliphatic carbocycles. The van der Waals surface area contributed by atoms with Gasteiger partial charge in [0.25, 0.3) is 0 Å². The van der Waals surface area contributed by atoms with E-state index in [2.05, 4.69) is 20.9 Å². The molecule has 0 N–H and O–H groups in total. The van der Waals surface area contributed by atoms with Crippen molar-refractivity contribution >= 4 is 5.97 Å². The first kappa shape index (κ1) is 13.5. The maximum Gasteiger partial charge on any atom is 0.323 e. The molecule has 2 saturated heterocycles. The van der Waals surface area contributed by atoms with E-state index >= 15 is 0 Å². The molecule has 2 fully saturated rings. The lowest BCUT2D eigenvalue weighted by Crippen LogP contribution is -2.51. The van der Waals surface area contributed by atoms with Crippen LogP contribution in [-0.4, -0.2) is 59.1 Å². The highest BCUT2D eigenvalue weighted by Gasteiger charge is 2.37. The second kappa shape index (κ2) is 5.89. The number of ether oxygens (including phenoxy) is 1. The largest absolute Gasteiger partial charge is 0.461 e. The average Bonchev–Trinajstić information content (AvgIpc) is 2.80. The molecule has 0 spiro atoms. The molecule has 0 radical (unpaired) electrons. The Balaban J connectivity index is 1.51. The highest BCUT2D eigenvalue weighted by molar-refractivity contribution is 5.78. The molecule has 2 aliphatic heterocycles. The Kier molecular flexibility index (Phi) is 3.98. The van der Waals surface area contributed by atoms with Crippen LogP contribution in [0.1, 0.15) is 19.0 Å². The predicted molar refractivity (Wildman–Crippen MR) is 75.0 cm³/mol. The lowest BCUT2D eigenvalue weighted by atomic mass is 10.1. The zero-order chi connectivity index (χ0) is 13.9. The van der Waals surface area contributed by atoms with Crippen molar-refractivity contribution in [3.05, 3.63) is 30.1 Å². The highest BCUT2D eigenvalue weighted by Crippen LogP contribution is 2.21. The fourth-order valence-electron chi connectivity index (χ4n) is 2.99. The molecular weight excluding hydrogens is 254 g/mol. The van der Waals surface area contributed by atoms with Gasteiger partial charge in [-0.05, 0) is 19.1 Å². The zero-order valence-electron chi connectivity index (χ0n) is 11.9. The molecule has 0 amide bonds. The predicted octanol–water partition coefficient (Wildman–Crippen LogP) is 0.903. The van der Waals surface area contributed by atoms with Crippen LogP contribution in [0.2, 0.25) is 0 Å². The van der Waals surface area contributed by atoms with E-state index < -0.39 is 0 Å². The number of hydrogen-bond donors (Lipinski definition) is 0. The normalized spacial score (nSPS) is 28.6. The van der Waals surface area contributed by atoms with Gasteiger partial charge in [-0.25, -0.2) is 0 Å². The van der Waals surface area contributed by atoms with Crippen LogP contribution < -0.4 is 0 Å². The van der Waals surface area contributed by atoms with Crippen LogP contribution in [0.15, 0.2) is 24.4 Å². The Hall–Kier alpha value is -1.46. The Bertz CT molecular complexity index is 457. The Labute approximate surface area is 119 Å². The summed E-state index contributed by atoms with van der Waals surface area (Å²) in [6.45, 7) is 6.68. The van der Waals surface area contributed by atoms with E-state index in [1.807, 2.05) is 25.3 Å². The standard InChI is InChI=1S/C15H21N3O2/c1-12-10-14(15(19)20-12)18-8-6-17(7-9-18)11-13-4-2-3-5-16-13/h2-5,12,14H,6-11H2,1H3. The minimum atomic E-state index is -0.0457. The van der Waals surface area contributed by atoms with Gasteiger partial charge in [-0.2, -0.15) is 0 Å². The van der Waals surface area contributed by atoms with E-state index in [1.54, 1.807) is 0 Å². The van der Waals surface area contributed by atoms with E-state index in [4.69, 9.17) is 4.74 Å². The van der Waals surface area contributed by atoms with Crippen LogP contribution in [0.4, 0.5) is 0 Å². The van der Waals surface area contributed by atoms with Gasteiger partial charge in [-0.3, -0.25) is 19.6 Å². The van der Waals surface area contributed by atoms with Gasteiger partial charge in [-0.1, -0.05) is 6.07 Å². The fraction of sp³-hybridized carbons (Fsp3) is 0.600. The van der Waals surface area contributed by atoms with Gasteiger partial charge < -0.3 is 4.74 Å². The summed E-state index contributed by atoms with van der Waals surface area (Å²) >= 11 is 0. The van der Waals surface area contributed by atoms with Gasteiger partial charge in [0, 0.05) is 45.3 Å². The van der Waals surface area contributed by atoms with Gasteiger partial charge in [0.05, 0.1) is 5.69 Å². The molecule has 5 heteroatoms. The van der Waals surface area contributed by atoms with Crippen LogP contribution in [0.3, 0.4) is 0 Å². The molecule has 1 aromatic heterocycles. The van der Waals surface area contributed by atoms with E-state index in [0.717, 1.165) is 44.8 Å². The van der Waals surface area contributed by atoms with Crippen molar-refractivity contribution < 1.29 is 9.53 Å². The maximum atomic E-state index is 11.8. The van der Waals surface area contributed by atoms with Crippen LogP contribution in [0.5, 0.6) is 0 Å². The third kappa shape index (κ3) is 2.99. The summed E-state index contributed by atoms with van der Waals surface area (Å²) in [4.78, 5) is 20.8. The number of carbonyl (C=O) groups excluding carboxylic acids is 1. The van der Waals surface area contributed by atoms with E-state index in [-0.39, 0.29) is 18.1 Å². The number of hydrogen-bond acceptors (Lipinski definition) is 5. The third-order valence-corrected chi connectivity index (χ3v) is 4.10. The first-order valence-corrected chi connectivity index (χ1v) is 7.29. The molecule has 108 valence electrons. The molecule has 1 aromatic rings. The Morgan fingerprint density at radius 3 is 2.70 bits per heavy atom. The molecule has 2 atom stereocenters. The van der Waals surface area contributed by atoms with Gasteiger partial charge in [0.1, 0.15) is 12.1 Å². The Morgan fingerprint density at radius 1 is 1.30 bits per heavy atom. The van der Waals surface area contributed by atoms with Crippen LogP contribution in [0.25, 0.3) is 0 Å². The molecule has 0 aromatic carbocycles. The Morgan fingerprint density at radius 2 is 2.10 bits per heavy atom. The number of rotatable bonds is 3. The molecule has 20 heavy (non-hydrogen) atoms. The average molecular weight is 275 g/mol. The zero-order valence-corrected chi connectivity index (χ0v) is 11.9. The summed E-state index contributed by atoms with van der Waals surface area (Å²) in [5.74, 6) is -0.0457. The van der Waals surface area contributed by atoms with Crippen molar-refractivity contribution in [3.63, 3.8) is 0 Å².